The van der Waals surface area contributed by atoms with Gasteiger partial charge in [0.2, 0.25) is 5.76 Å². The molecule has 5 nitrogen and oxygen atoms in total. The summed E-state index contributed by atoms with van der Waals surface area (Å²) in [6.07, 6.45) is 1.31. The minimum Gasteiger partial charge on any atom is -0.494 e. The van der Waals surface area contributed by atoms with Crippen LogP contribution in [0.2, 0.25) is 0 Å². The molecule has 1 aromatic carbocycles. The van der Waals surface area contributed by atoms with Crippen molar-refractivity contribution in [1.82, 2.24) is 0 Å². The molecule has 0 spiro atoms. The Morgan fingerprint density at radius 3 is 2.95 bits per heavy atom. The monoisotopic (exact) mass is 265 g/mol. The predicted molar refractivity (Wildman–Crippen MR) is 65.9 cm³/mol. The smallest absolute Gasteiger partial charge is 0.372 e. The molecule has 0 fully saturated rings. The molecule has 0 aliphatic heterocycles. The van der Waals surface area contributed by atoms with Crippen LogP contribution in [0.15, 0.2) is 34.9 Å². The summed E-state index contributed by atoms with van der Waals surface area (Å²) in [5.74, 6) is -1.31. The van der Waals surface area contributed by atoms with Gasteiger partial charge in [-0.15, -0.1) is 0 Å². The van der Waals surface area contributed by atoms with Crippen LogP contribution in [0.3, 0.4) is 0 Å². The molecule has 19 heavy (non-hydrogen) atoms. The highest BCUT2D eigenvalue weighted by molar-refractivity contribution is 5.86. The van der Waals surface area contributed by atoms with Crippen molar-refractivity contribution in [3.8, 4) is 5.75 Å². The fourth-order valence-corrected chi connectivity index (χ4v) is 1.66. The van der Waals surface area contributed by atoms with E-state index in [4.69, 9.17) is 14.3 Å². The van der Waals surface area contributed by atoms with E-state index in [1.54, 1.807) is 6.07 Å². The molecule has 0 amide bonds. The van der Waals surface area contributed by atoms with E-state index in [0.29, 0.717) is 17.0 Å². The van der Waals surface area contributed by atoms with Gasteiger partial charge in [0, 0.05) is 18.2 Å². The Balaban J connectivity index is 2.14. The van der Waals surface area contributed by atoms with Gasteiger partial charge in [-0.2, -0.15) is 0 Å². The van der Waals surface area contributed by atoms with Crippen molar-refractivity contribution in [2.45, 2.75) is 6.54 Å². The van der Waals surface area contributed by atoms with Gasteiger partial charge in [0.1, 0.15) is 11.6 Å². The van der Waals surface area contributed by atoms with Gasteiger partial charge in [-0.25, -0.2) is 9.18 Å². The van der Waals surface area contributed by atoms with Crippen LogP contribution in [0.5, 0.6) is 5.75 Å². The van der Waals surface area contributed by atoms with Crippen LogP contribution >= 0.6 is 0 Å². The van der Waals surface area contributed by atoms with Gasteiger partial charge in [0.05, 0.1) is 19.1 Å². The van der Waals surface area contributed by atoms with E-state index in [2.05, 4.69) is 5.32 Å². The molecule has 0 saturated carbocycles. The lowest BCUT2D eigenvalue weighted by molar-refractivity contribution is 0.0661. The van der Waals surface area contributed by atoms with Crippen LogP contribution in [0.4, 0.5) is 10.1 Å². The van der Waals surface area contributed by atoms with Crippen molar-refractivity contribution in [3.63, 3.8) is 0 Å². The molecule has 0 bridgehead atoms. The Hall–Kier alpha value is -2.50. The van der Waals surface area contributed by atoms with Crippen molar-refractivity contribution in [2.75, 3.05) is 12.4 Å². The number of carboxylic acid groups (broad SMARTS) is 1. The van der Waals surface area contributed by atoms with Crippen molar-refractivity contribution >= 4 is 11.7 Å². The second-order valence-electron chi connectivity index (χ2n) is 3.78. The third-order valence-electron chi connectivity index (χ3n) is 2.57. The number of furan rings is 1. The number of carbonyl (C=O) groups is 1. The number of carboxylic acids is 1. The number of ether oxygens (including phenoxy) is 1. The minimum atomic E-state index is -1.13. The quantitative estimate of drug-likeness (QED) is 0.869. The van der Waals surface area contributed by atoms with Crippen LogP contribution in [-0.2, 0) is 6.54 Å². The number of nitrogens with one attached hydrogen (secondary N) is 1. The molecule has 2 aromatic rings. The lowest BCUT2D eigenvalue weighted by Crippen LogP contribution is -2.05. The van der Waals surface area contributed by atoms with E-state index in [-0.39, 0.29) is 12.3 Å². The van der Waals surface area contributed by atoms with E-state index in [1.807, 2.05) is 0 Å². The molecular weight excluding hydrogens is 253 g/mol. The lowest BCUT2D eigenvalue weighted by Gasteiger charge is -2.10. The predicted octanol–water partition coefficient (Wildman–Crippen LogP) is 2.74. The highest BCUT2D eigenvalue weighted by Gasteiger charge is 2.14. The Morgan fingerprint density at radius 2 is 2.26 bits per heavy atom. The third-order valence-corrected chi connectivity index (χ3v) is 2.57. The summed E-state index contributed by atoms with van der Waals surface area (Å²) in [6.45, 7) is 0.236. The summed E-state index contributed by atoms with van der Waals surface area (Å²) in [7, 11) is 1.43. The van der Waals surface area contributed by atoms with Gasteiger partial charge in [-0.3, -0.25) is 0 Å². The molecule has 0 atom stereocenters. The van der Waals surface area contributed by atoms with Crippen molar-refractivity contribution in [3.05, 3.63) is 47.7 Å². The van der Waals surface area contributed by atoms with Gasteiger partial charge < -0.3 is 19.6 Å². The fraction of sp³-hybridized carbons (Fsp3) is 0.154. The van der Waals surface area contributed by atoms with Crippen LogP contribution < -0.4 is 10.1 Å². The number of methoxy groups -OCH3 is 1. The Labute approximate surface area is 108 Å². The first kappa shape index (κ1) is 12.9. The lowest BCUT2D eigenvalue weighted by atomic mass is 10.2. The first-order valence-electron chi connectivity index (χ1n) is 5.49. The Morgan fingerprint density at radius 1 is 1.47 bits per heavy atom. The summed E-state index contributed by atoms with van der Waals surface area (Å²) >= 11 is 0. The second kappa shape index (κ2) is 5.43. The fourth-order valence-electron chi connectivity index (χ4n) is 1.66. The van der Waals surface area contributed by atoms with Gasteiger partial charge >= 0.3 is 5.97 Å². The molecule has 0 aliphatic rings. The molecule has 1 aromatic heterocycles. The number of benzene rings is 1. The van der Waals surface area contributed by atoms with Gasteiger partial charge in [0.15, 0.2) is 0 Å². The molecule has 2 rings (SSSR count). The summed E-state index contributed by atoms with van der Waals surface area (Å²) < 4.78 is 22.9. The zero-order chi connectivity index (χ0) is 13.8. The average Bonchev–Trinajstić information content (AvgIpc) is 2.85. The topological polar surface area (TPSA) is 71.7 Å². The number of rotatable bonds is 5. The molecule has 2 N–H and O–H groups in total. The standard InChI is InChI=1S/C13H12FNO4/c1-18-11-6-9(14)2-3-10(11)15-7-8-4-5-19-12(8)13(16)17/h2-6,15H,7H2,1H3,(H,16,17). The Bertz CT molecular complexity index is 594. The van der Waals surface area contributed by atoms with E-state index in [1.165, 1.54) is 31.6 Å². The number of hydrogen-bond donors (Lipinski definition) is 2. The summed E-state index contributed by atoms with van der Waals surface area (Å²) in [5, 5.41) is 11.9. The summed E-state index contributed by atoms with van der Waals surface area (Å²) in [6, 6.07) is 5.62. The van der Waals surface area contributed by atoms with Crippen molar-refractivity contribution in [1.29, 1.82) is 0 Å². The van der Waals surface area contributed by atoms with E-state index in [0.717, 1.165) is 0 Å². The molecule has 6 heteroatoms. The molecule has 0 unspecified atom stereocenters. The molecule has 100 valence electrons. The number of hydrogen-bond acceptors (Lipinski definition) is 4. The van der Waals surface area contributed by atoms with Crippen LogP contribution in [0.25, 0.3) is 0 Å². The zero-order valence-corrected chi connectivity index (χ0v) is 10.1. The van der Waals surface area contributed by atoms with Gasteiger partial charge in [-0.05, 0) is 18.2 Å². The normalized spacial score (nSPS) is 10.2. The molecule has 1 heterocycles. The zero-order valence-electron chi connectivity index (χ0n) is 10.1. The van der Waals surface area contributed by atoms with Crippen LogP contribution in [-0.4, -0.2) is 18.2 Å². The second-order valence-corrected chi connectivity index (χ2v) is 3.78. The average molecular weight is 265 g/mol. The highest BCUT2D eigenvalue weighted by Crippen LogP contribution is 2.25. The highest BCUT2D eigenvalue weighted by atomic mass is 19.1. The summed E-state index contributed by atoms with van der Waals surface area (Å²) in [4.78, 5) is 10.9. The third kappa shape index (κ3) is 2.85. The minimum absolute atomic E-state index is 0.117. The maximum atomic E-state index is 13.0. The van der Waals surface area contributed by atoms with E-state index >= 15 is 0 Å². The molecule has 0 radical (unpaired) electrons. The maximum Gasteiger partial charge on any atom is 0.372 e. The largest absolute Gasteiger partial charge is 0.494 e. The van der Waals surface area contributed by atoms with Crippen molar-refractivity contribution in [2.24, 2.45) is 0 Å². The van der Waals surface area contributed by atoms with Crippen molar-refractivity contribution < 1.29 is 23.4 Å². The summed E-state index contributed by atoms with van der Waals surface area (Å²) in [5.41, 5.74) is 1.07. The van der Waals surface area contributed by atoms with Gasteiger partial charge in [-0.1, -0.05) is 0 Å². The number of halogens is 1. The number of aromatic carboxylic acids is 1. The molecule has 0 saturated heterocycles. The maximum absolute atomic E-state index is 13.0. The van der Waals surface area contributed by atoms with Crippen LogP contribution in [0, 0.1) is 5.82 Å². The molecular formula is C13H12FNO4. The number of anilines is 1. The van der Waals surface area contributed by atoms with Gasteiger partial charge in [0.25, 0.3) is 0 Å². The first-order chi connectivity index (χ1) is 9.11. The Kier molecular flexibility index (Phi) is 3.70. The van der Waals surface area contributed by atoms with E-state index in [9.17, 15) is 9.18 Å². The SMILES string of the molecule is COc1cc(F)ccc1NCc1ccoc1C(=O)O. The molecule has 0 aliphatic carbocycles. The van der Waals surface area contributed by atoms with E-state index < -0.39 is 11.8 Å². The first-order valence-corrected chi connectivity index (χ1v) is 5.49. The van der Waals surface area contributed by atoms with Crippen LogP contribution in [0.1, 0.15) is 16.1 Å².